The zero-order valence-corrected chi connectivity index (χ0v) is 19.4. The second-order valence-electron chi connectivity index (χ2n) is 8.16. The van der Waals surface area contributed by atoms with Crippen molar-refractivity contribution in [1.82, 2.24) is 10.6 Å². The van der Waals surface area contributed by atoms with Crippen LogP contribution < -0.4 is 20.7 Å². The Labute approximate surface area is 207 Å². The van der Waals surface area contributed by atoms with E-state index in [1.54, 1.807) is 48.5 Å². The molecule has 1 saturated carbocycles. The number of anilines is 1. The van der Waals surface area contributed by atoms with E-state index in [-0.39, 0.29) is 11.9 Å². The van der Waals surface area contributed by atoms with Gasteiger partial charge < -0.3 is 25.4 Å². The summed E-state index contributed by atoms with van der Waals surface area (Å²) >= 11 is 0. The van der Waals surface area contributed by atoms with Gasteiger partial charge in [0.1, 0.15) is 18.0 Å². The maximum Gasteiger partial charge on any atom is 0.325 e. The van der Waals surface area contributed by atoms with Crippen LogP contribution in [0.25, 0.3) is 0 Å². The maximum absolute atomic E-state index is 12.3. The van der Waals surface area contributed by atoms with Crippen LogP contribution in [0.3, 0.4) is 0 Å². The Bertz CT molecular complexity index is 1240. The molecular formula is C27H25N3O6. The number of hydrogen-bond acceptors (Lipinski definition) is 6. The minimum atomic E-state index is -0.764. The van der Waals surface area contributed by atoms with Crippen molar-refractivity contribution in [3.05, 3.63) is 90.0 Å². The molecule has 9 nitrogen and oxygen atoms in total. The molecule has 36 heavy (non-hydrogen) atoms. The largest absolute Gasteiger partial charge is 0.457 e. The fourth-order valence-electron chi connectivity index (χ4n) is 3.18. The molecule has 184 valence electrons. The van der Waals surface area contributed by atoms with Crippen molar-refractivity contribution >= 4 is 29.4 Å². The second kappa shape index (κ2) is 11.7. The van der Waals surface area contributed by atoms with Gasteiger partial charge in [-0.05, 0) is 67.4 Å². The van der Waals surface area contributed by atoms with E-state index < -0.39 is 30.9 Å². The van der Waals surface area contributed by atoms with E-state index in [0.29, 0.717) is 28.3 Å². The summed E-state index contributed by atoms with van der Waals surface area (Å²) in [6.07, 6.45) is 1.95. The molecule has 0 spiro atoms. The Balaban J connectivity index is 1.17. The van der Waals surface area contributed by atoms with Gasteiger partial charge >= 0.3 is 5.97 Å². The minimum Gasteiger partial charge on any atom is -0.457 e. The Morgan fingerprint density at radius 1 is 0.778 bits per heavy atom. The summed E-state index contributed by atoms with van der Waals surface area (Å²) in [4.78, 5) is 48.5. The number of nitrogens with one attached hydrogen (secondary N) is 3. The van der Waals surface area contributed by atoms with Crippen LogP contribution >= 0.6 is 0 Å². The fourth-order valence-corrected chi connectivity index (χ4v) is 3.18. The molecule has 0 radical (unpaired) electrons. The SMILES string of the molecule is O=C(COC(=O)CNC(=O)c1ccc(Oc2ccccc2)cc1)Nc1cccc(C(=O)NC2CC2)c1. The molecule has 0 unspecified atom stereocenters. The molecule has 0 aromatic heterocycles. The molecule has 0 heterocycles. The predicted octanol–water partition coefficient (Wildman–Crippen LogP) is 3.28. The van der Waals surface area contributed by atoms with E-state index in [1.807, 2.05) is 30.3 Å². The van der Waals surface area contributed by atoms with Crippen LogP contribution in [0.15, 0.2) is 78.9 Å². The van der Waals surface area contributed by atoms with Gasteiger partial charge in [-0.25, -0.2) is 0 Å². The molecule has 0 bridgehead atoms. The Morgan fingerprint density at radius 3 is 2.22 bits per heavy atom. The van der Waals surface area contributed by atoms with Crippen molar-refractivity contribution in [3.63, 3.8) is 0 Å². The molecule has 3 N–H and O–H groups in total. The van der Waals surface area contributed by atoms with Gasteiger partial charge in [0.2, 0.25) is 0 Å². The molecule has 0 atom stereocenters. The molecule has 1 aliphatic rings. The lowest BCUT2D eigenvalue weighted by Gasteiger charge is -2.09. The number of carbonyl (C=O) groups excluding carboxylic acids is 4. The highest BCUT2D eigenvalue weighted by Crippen LogP contribution is 2.21. The highest BCUT2D eigenvalue weighted by molar-refractivity contribution is 5.98. The number of amides is 3. The molecule has 3 aromatic carbocycles. The average Bonchev–Trinajstić information content (AvgIpc) is 3.71. The van der Waals surface area contributed by atoms with Gasteiger partial charge in [-0.15, -0.1) is 0 Å². The van der Waals surface area contributed by atoms with Crippen LogP contribution in [0, 0.1) is 0 Å². The molecular weight excluding hydrogens is 462 g/mol. The van der Waals surface area contributed by atoms with Gasteiger partial charge in [0.15, 0.2) is 6.61 Å². The smallest absolute Gasteiger partial charge is 0.325 e. The van der Waals surface area contributed by atoms with Crippen molar-refractivity contribution in [3.8, 4) is 11.5 Å². The maximum atomic E-state index is 12.3. The number of benzene rings is 3. The number of ether oxygens (including phenoxy) is 2. The Hall–Kier alpha value is -4.66. The third-order valence-electron chi connectivity index (χ3n) is 5.17. The van der Waals surface area contributed by atoms with Crippen LogP contribution in [-0.2, 0) is 14.3 Å². The number of carbonyl (C=O) groups is 4. The molecule has 4 rings (SSSR count). The van der Waals surface area contributed by atoms with Crippen molar-refractivity contribution in [2.45, 2.75) is 18.9 Å². The lowest BCUT2D eigenvalue weighted by molar-refractivity contribution is -0.146. The molecule has 9 heteroatoms. The van der Waals surface area contributed by atoms with Crippen molar-refractivity contribution < 1.29 is 28.7 Å². The highest BCUT2D eigenvalue weighted by Gasteiger charge is 2.23. The molecule has 1 fully saturated rings. The lowest BCUT2D eigenvalue weighted by Crippen LogP contribution is -2.32. The number of rotatable bonds is 10. The first kappa shape index (κ1) is 24.5. The number of para-hydroxylation sites is 1. The Morgan fingerprint density at radius 2 is 1.50 bits per heavy atom. The highest BCUT2D eigenvalue weighted by atomic mass is 16.5. The van der Waals surface area contributed by atoms with Crippen LogP contribution in [0.2, 0.25) is 0 Å². The molecule has 1 aliphatic carbocycles. The van der Waals surface area contributed by atoms with Gasteiger partial charge in [-0.3, -0.25) is 19.2 Å². The topological polar surface area (TPSA) is 123 Å². The predicted molar refractivity (Wildman–Crippen MR) is 132 cm³/mol. The normalized spacial score (nSPS) is 12.2. The summed E-state index contributed by atoms with van der Waals surface area (Å²) in [5, 5.41) is 7.91. The summed E-state index contributed by atoms with van der Waals surface area (Å²) in [5.74, 6) is -0.757. The number of hydrogen-bond donors (Lipinski definition) is 3. The van der Waals surface area contributed by atoms with Crippen molar-refractivity contribution in [2.24, 2.45) is 0 Å². The van der Waals surface area contributed by atoms with Gasteiger partial charge in [0, 0.05) is 22.9 Å². The second-order valence-corrected chi connectivity index (χ2v) is 8.16. The summed E-state index contributed by atoms with van der Waals surface area (Å²) in [7, 11) is 0. The minimum absolute atomic E-state index is 0.200. The van der Waals surface area contributed by atoms with Crippen LogP contribution in [0.5, 0.6) is 11.5 Å². The van der Waals surface area contributed by atoms with Crippen LogP contribution in [0.1, 0.15) is 33.6 Å². The molecule has 0 aliphatic heterocycles. The van der Waals surface area contributed by atoms with Gasteiger partial charge in [-0.1, -0.05) is 24.3 Å². The summed E-state index contributed by atoms with van der Waals surface area (Å²) in [6.45, 7) is -0.927. The molecule has 3 amide bonds. The first-order valence-electron chi connectivity index (χ1n) is 11.4. The van der Waals surface area contributed by atoms with E-state index >= 15 is 0 Å². The Kier molecular flexibility index (Phi) is 7.92. The first-order valence-corrected chi connectivity index (χ1v) is 11.4. The number of esters is 1. The van der Waals surface area contributed by atoms with Gasteiger partial charge in [-0.2, -0.15) is 0 Å². The summed E-state index contributed by atoms with van der Waals surface area (Å²) in [6, 6.07) is 22.4. The van der Waals surface area contributed by atoms with Gasteiger partial charge in [0.05, 0.1) is 0 Å². The van der Waals surface area contributed by atoms with E-state index in [0.717, 1.165) is 12.8 Å². The van der Waals surface area contributed by atoms with Crippen molar-refractivity contribution in [2.75, 3.05) is 18.5 Å². The van der Waals surface area contributed by atoms with E-state index in [1.165, 1.54) is 0 Å². The molecule has 3 aromatic rings. The van der Waals surface area contributed by atoms with E-state index in [4.69, 9.17) is 9.47 Å². The average molecular weight is 488 g/mol. The molecule has 0 saturated heterocycles. The third-order valence-corrected chi connectivity index (χ3v) is 5.17. The van der Waals surface area contributed by atoms with E-state index in [9.17, 15) is 19.2 Å². The zero-order valence-electron chi connectivity index (χ0n) is 19.4. The van der Waals surface area contributed by atoms with Crippen LogP contribution in [-0.4, -0.2) is 42.9 Å². The lowest BCUT2D eigenvalue weighted by atomic mass is 10.2. The van der Waals surface area contributed by atoms with E-state index in [2.05, 4.69) is 16.0 Å². The van der Waals surface area contributed by atoms with Gasteiger partial charge in [0.25, 0.3) is 17.7 Å². The van der Waals surface area contributed by atoms with Crippen molar-refractivity contribution in [1.29, 1.82) is 0 Å². The monoisotopic (exact) mass is 487 g/mol. The fraction of sp³-hybridized carbons (Fsp3) is 0.185. The summed E-state index contributed by atoms with van der Waals surface area (Å²) < 4.78 is 10.6. The van der Waals surface area contributed by atoms with Crippen LogP contribution in [0.4, 0.5) is 5.69 Å². The zero-order chi connectivity index (χ0) is 25.3. The first-order chi connectivity index (χ1) is 17.5. The standard InChI is InChI=1S/C27H25N3O6/c31-24(29-21-6-4-5-19(15-21)27(34)30-20-11-12-20)17-35-25(32)16-28-26(33)18-9-13-23(14-10-18)36-22-7-2-1-3-8-22/h1-10,13-15,20H,11-12,16-17H2,(H,28,33)(H,29,31)(H,30,34). The quantitative estimate of drug-likeness (QED) is 0.377. The summed E-state index contributed by atoms with van der Waals surface area (Å²) in [5.41, 5.74) is 1.18. The third kappa shape index (κ3) is 7.42.